The van der Waals surface area contributed by atoms with Crippen LogP contribution >= 0.6 is 15.9 Å². The Labute approximate surface area is 102 Å². The highest BCUT2D eigenvalue weighted by Crippen LogP contribution is 2.13. The van der Waals surface area contributed by atoms with E-state index >= 15 is 0 Å². The van der Waals surface area contributed by atoms with Crippen LogP contribution < -0.4 is 5.73 Å². The van der Waals surface area contributed by atoms with Crippen molar-refractivity contribution in [1.82, 2.24) is 5.01 Å². The monoisotopic (exact) mass is 282 g/mol. The zero-order valence-electron chi connectivity index (χ0n) is 8.64. The largest absolute Gasteiger partial charge is 0.368 e. The molecule has 1 aromatic carbocycles. The maximum atomic E-state index is 11.1. The van der Waals surface area contributed by atoms with Crippen molar-refractivity contribution < 1.29 is 4.79 Å². The summed E-state index contributed by atoms with van der Waals surface area (Å²) < 4.78 is 0.853. The van der Waals surface area contributed by atoms with Gasteiger partial charge in [0.1, 0.15) is 0 Å². The van der Waals surface area contributed by atoms with Crippen LogP contribution in [0.2, 0.25) is 0 Å². The fraction of sp³-hybridized carbons (Fsp3) is 0.100. The average Bonchev–Trinajstić information content (AvgIpc) is 2.20. The molecule has 0 fully saturated rings. The lowest BCUT2D eigenvalue weighted by Gasteiger charge is -2.11. The number of hydrazone groups is 1. The van der Waals surface area contributed by atoms with Crippen molar-refractivity contribution in [3.63, 3.8) is 0 Å². The summed E-state index contributed by atoms with van der Waals surface area (Å²) in [4.78, 5) is 11.1. The summed E-state index contributed by atoms with van der Waals surface area (Å²) in [6, 6.07) is 7.40. The number of nitrogens with two attached hydrogens (primary N) is 1. The van der Waals surface area contributed by atoms with E-state index in [-0.39, 0.29) is 0 Å². The zero-order valence-corrected chi connectivity index (χ0v) is 10.2. The molecule has 0 radical (unpaired) electrons. The van der Waals surface area contributed by atoms with E-state index in [2.05, 4.69) is 21.0 Å². The fourth-order valence-electron chi connectivity index (χ4n) is 1.01. The minimum atomic E-state index is -0.407. The summed E-state index contributed by atoms with van der Waals surface area (Å²) in [6.07, 6.45) is 1.47. The maximum Gasteiger partial charge on any atom is 0.246 e. The Kier molecular flexibility index (Phi) is 4.19. The summed E-state index contributed by atoms with van der Waals surface area (Å²) in [7, 11) is 0. The lowest BCUT2D eigenvalue weighted by Crippen LogP contribution is -2.35. The predicted molar refractivity (Wildman–Crippen MR) is 66.2 cm³/mol. The highest BCUT2D eigenvalue weighted by Gasteiger charge is 2.09. The molecule has 0 atom stereocenters. The molecule has 0 aliphatic carbocycles. The topological polar surface area (TPSA) is 82.5 Å². The molecule has 5 nitrogen and oxygen atoms in total. The van der Waals surface area contributed by atoms with Gasteiger partial charge >= 0.3 is 0 Å². The SMILES string of the molecule is CC(=O)N(/N=C/c1ccccc1Br)C(=N)N. The van der Waals surface area contributed by atoms with E-state index in [4.69, 9.17) is 11.1 Å². The number of rotatable bonds is 2. The molecule has 16 heavy (non-hydrogen) atoms. The van der Waals surface area contributed by atoms with E-state index in [9.17, 15) is 4.79 Å². The third-order valence-corrected chi connectivity index (χ3v) is 2.47. The molecule has 0 aliphatic heterocycles. The Morgan fingerprint density at radius 2 is 2.19 bits per heavy atom. The second-order valence-corrected chi connectivity index (χ2v) is 3.84. The summed E-state index contributed by atoms with van der Waals surface area (Å²) in [5.41, 5.74) is 6.00. The van der Waals surface area contributed by atoms with Crippen LogP contribution in [0.15, 0.2) is 33.8 Å². The molecule has 0 heterocycles. The maximum absolute atomic E-state index is 11.1. The molecule has 0 saturated heterocycles. The van der Waals surface area contributed by atoms with E-state index in [0.29, 0.717) is 0 Å². The predicted octanol–water partition coefficient (Wildman–Crippen LogP) is 1.52. The summed E-state index contributed by atoms with van der Waals surface area (Å²) in [6.45, 7) is 1.29. The molecule has 84 valence electrons. The first-order valence-corrected chi connectivity index (χ1v) is 5.25. The molecule has 1 amide bonds. The van der Waals surface area contributed by atoms with Crippen molar-refractivity contribution in [2.75, 3.05) is 0 Å². The fourth-order valence-corrected chi connectivity index (χ4v) is 1.40. The van der Waals surface area contributed by atoms with Gasteiger partial charge in [-0.1, -0.05) is 34.1 Å². The van der Waals surface area contributed by atoms with Crippen LogP contribution in [0.3, 0.4) is 0 Å². The Hall–Kier alpha value is -1.69. The first-order chi connectivity index (χ1) is 7.52. The number of hydrogen-bond donors (Lipinski definition) is 2. The highest BCUT2D eigenvalue weighted by molar-refractivity contribution is 9.10. The minimum absolute atomic E-state index is 0.407. The van der Waals surface area contributed by atoms with Crippen molar-refractivity contribution >= 4 is 34.0 Å². The smallest absolute Gasteiger partial charge is 0.246 e. The second kappa shape index (κ2) is 5.41. The van der Waals surface area contributed by atoms with Gasteiger partial charge in [-0.2, -0.15) is 10.1 Å². The molecular formula is C10H11BrN4O. The summed E-state index contributed by atoms with van der Waals surface area (Å²) in [5, 5.41) is 11.8. The normalized spacial score (nSPS) is 10.4. The lowest BCUT2D eigenvalue weighted by atomic mass is 10.2. The number of hydrogen-bond acceptors (Lipinski definition) is 3. The molecular weight excluding hydrogens is 272 g/mol. The zero-order chi connectivity index (χ0) is 12.1. The van der Waals surface area contributed by atoms with Crippen molar-refractivity contribution in [3.05, 3.63) is 34.3 Å². The van der Waals surface area contributed by atoms with Crippen molar-refractivity contribution in [2.24, 2.45) is 10.8 Å². The first kappa shape index (κ1) is 12.4. The van der Waals surface area contributed by atoms with Crippen LogP contribution in [0.25, 0.3) is 0 Å². The molecule has 3 N–H and O–H groups in total. The minimum Gasteiger partial charge on any atom is -0.368 e. The number of halogens is 1. The van der Waals surface area contributed by atoms with Crippen LogP contribution in [-0.4, -0.2) is 23.1 Å². The van der Waals surface area contributed by atoms with Crippen LogP contribution in [0.4, 0.5) is 0 Å². The van der Waals surface area contributed by atoms with Gasteiger partial charge in [0.2, 0.25) is 11.9 Å². The Bertz CT molecular complexity index is 430. The highest BCUT2D eigenvalue weighted by atomic mass is 79.9. The molecule has 0 aliphatic rings. The van der Waals surface area contributed by atoms with Gasteiger partial charge in [-0.05, 0) is 6.07 Å². The molecule has 0 saturated carbocycles. The molecule has 0 unspecified atom stereocenters. The Morgan fingerprint density at radius 1 is 1.56 bits per heavy atom. The van der Waals surface area contributed by atoms with E-state index < -0.39 is 11.9 Å². The van der Waals surface area contributed by atoms with Crippen LogP contribution in [0, 0.1) is 5.41 Å². The molecule has 0 aromatic heterocycles. The third-order valence-electron chi connectivity index (χ3n) is 1.74. The van der Waals surface area contributed by atoms with Gasteiger partial charge in [0.25, 0.3) is 0 Å². The van der Waals surface area contributed by atoms with Crippen molar-refractivity contribution in [1.29, 1.82) is 5.41 Å². The van der Waals surface area contributed by atoms with Gasteiger partial charge in [-0.25, -0.2) is 0 Å². The Morgan fingerprint density at radius 3 is 2.69 bits per heavy atom. The van der Waals surface area contributed by atoms with Crippen LogP contribution in [0.1, 0.15) is 12.5 Å². The number of carbonyl (C=O) groups is 1. The number of benzene rings is 1. The lowest BCUT2D eigenvalue weighted by molar-refractivity contribution is -0.125. The average molecular weight is 283 g/mol. The van der Waals surface area contributed by atoms with Crippen LogP contribution in [0.5, 0.6) is 0 Å². The van der Waals surface area contributed by atoms with Gasteiger partial charge in [0.05, 0.1) is 6.21 Å². The standard InChI is InChI=1S/C10H11BrN4O/c1-7(16)15(10(12)13)14-6-8-4-2-3-5-9(8)11/h2-6H,1H3,(H3,12,13)/b14-6+. The van der Waals surface area contributed by atoms with Gasteiger partial charge in [-0.3, -0.25) is 10.2 Å². The first-order valence-electron chi connectivity index (χ1n) is 4.45. The van der Waals surface area contributed by atoms with E-state index in [1.165, 1.54) is 13.1 Å². The van der Waals surface area contributed by atoms with Gasteiger partial charge in [0, 0.05) is 17.0 Å². The molecule has 0 bridgehead atoms. The van der Waals surface area contributed by atoms with Gasteiger partial charge in [0.15, 0.2) is 0 Å². The molecule has 1 rings (SSSR count). The quantitative estimate of drug-likeness (QED) is 0.490. The number of guanidine groups is 1. The molecule has 6 heteroatoms. The van der Waals surface area contributed by atoms with E-state index in [1.54, 1.807) is 0 Å². The number of nitrogens with one attached hydrogen (secondary N) is 1. The number of amides is 1. The van der Waals surface area contributed by atoms with Crippen molar-refractivity contribution in [3.8, 4) is 0 Å². The van der Waals surface area contributed by atoms with Gasteiger partial charge < -0.3 is 5.73 Å². The van der Waals surface area contributed by atoms with Crippen LogP contribution in [-0.2, 0) is 4.79 Å². The second-order valence-electron chi connectivity index (χ2n) is 2.98. The number of nitrogens with zero attached hydrogens (tertiary/aromatic N) is 2. The van der Waals surface area contributed by atoms with Gasteiger partial charge in [-0.15, -0.1) is 0 Å². The van der Waals surface area contributed by atoms with E-state index in [0.717, 1.165) is 15.0 Å². The molecule has 0 spiro atoms. The van der Waals surface area contributed by atoms with Crippen molar-refractivity contribution in [2.45, 2.75) is 6.92 Å². The number of carbonyl (C=O) groups excluding carboxylic acids is 1. The summed E-state index contributed by atoms with van der Waals surface area (Å²) >= 11 is 3.34. The Balaban J connectivity index is 2.91. The third kappa shape index (κ3) is 3.16. The van der Waals surface area contributed by atoms with E-state index in [1.807, 2.05) is 24.3 Å². The summed E-state index contributed by atoms with van der Waals surface area (Å²) in [5.74, 6) is -0.813. The molecule has 1 aromatic rings.